The Hall–Kier alpha value is -2.29. The molecule has 5 nitrogen and oxygen atoms in total. The first-order chi connectivity index (χ1) is 9.62. The number of H-pyrrole nitrogens is 1. The lowest BCUT2D eigenvalue weighted by atomic mass is 10.2. The van der Waals surface area contributed by atoms with E-state index in [1.54, 1.807) is 4.98 Å². The van der Waals surface area contributed by atoms with Gasteiger partial charge in [0.1, 0.15) is 0 Å². The summed E-state index contributed by atoms with van der Waals surface area (Å²) in [5.41, 5.74) is -4.21. The normalized spacial score (nSPS) is 11.7. The highest BCUT2D eigenvalue weighted by molar-refractivity contribution is 6.32. The Kier molecular flexibility index (Phi) is 3.54. The van der Waals surface area contributed by atoms with Crippen molar-refractivity contribution in [2.75, 3.05) is 0 Å². The summed E-state index contributed by atoms with van der Waals surface area (Å²) in [6.07, 6.45) is -4.66. The first-order valence-corrected chi connectivity index (χ1v) is 5.61. The lowest BCUT2D eigenvalue weighted by molar-refractivity contribution is -0.137. The van der Waals surface area contributed by atoms with E-state index in [0.29, 0.717) is 12.1 Å². The first kappa shape index (κ1) is 15.1. The van der Waals surface area contributed by atoms with E-state index in [4.69, 9.17) is 11.6 Å². The van der Waals surface area contributed by atoms with E-state index in [1.807, 2.05) is 0 Å². The predicted molar refractivity (Wildman–Crippen MR) is 64.3 cm³/mol. The van der Waals surface area contributed by atoms with E-state index in [-0.39, 0.29) is 4.57 Å². The summed E-state index contributed by atoms with van der Waals surface area (Å²) in [6.45, 7) is 0. The average Bonchev–Trinajstić information content (AvgIpc) is 2.37. The molecule has 0 spiro atoms. The molecule has 1 aromatic carbocycles. The van der Waals surface area contributed by atoms with Gasteiger partial charge in [0.15, 0.2) is 0 Å². The molecule has 0 aliphatic rings. The zero-order valence-corrected chi connectivity index (χ0v) is 10.6. The molecule has 0 unspecified atom stereocenters. The summed E-state index contributed by atoms with van der Waals surface area (Å²) in [5.74, 6) is -3.02. The van der Waals surface area contributed by atoms with Crippen LogP contribution in [0.3, 0.4) is 0 Å². The number of alkyl halides is 3. The molecule has 1 heterocycles. The van der Waals surface area contributed by atoms with Crippen molar-refractivity contribution in [3.8, 4) is 11.6 Å². The third-order valence-electron chi connectivity index (χ3n) is 2.55. The molecule has 0 saturated carbocycles. The fourth-order valence-electron chi connectivity index (χ4n) is 1.59. The molecule has 0 amide bonds. The molecule has 0 aliphatic carbocycles. The highest BCUT2D eigenvalue weighted by atomic mass is 35.5. The molecular formula is C11H5ClF4N2O3. The zero-order valence-electron chi connectivity index (χ0n) is 9.83. The van der Waals surface area contributed by atoms with Crippen LogP contribution in [0.4, 0.5) is 17.6 Å². The maximum Gasteiger partial charge on any atom is 0.416 e. The molecule has 112 valence electrons. The summed E-state index contributed by atoms with van der Waals surface area (Å²) in [5, 5.41) is 8.89. The van der Waals surface area contributed by atoms with Crippen LogP contribution < -0.4 is 11.2 Å². The second kappa shape index (κ2) is 4.92. The number of aromatic amines is 1. The molecular weight excluding hydrogens is 320 g/mol. The Morgan fingerprint density at radius 3 is 2.38 bits per heavy atom. The van der Waals surface area contributed by atoms with Crippen LogP contribution in [0.5, 0.6) is 5.88 Å². The Balaban J connectivity index is 2.73. The molecule has 0 fully saturated rings. The third-order valence-corrected chi connectivity index (χ3v) is 2.85. The van der Waals surface area contributed by atoms with E-state index < -0.39 is 45.4 Å². The van der Waals surface area contributed by atoms with Crippen LogP contribution in [-0.4, -0.2) is 14.7 Å². The molecule has 2 aromatic rings. The Bertz CT molecular complexity index is 826. The molecule has 0 radical (unpaired) electrons. The van der Waals surface area contributed by atoms with Crippen molar-refractivity contribution in [2.45, 2.75) is 6.18 Å². The Morgan fingerprint density at radius 1 is 1.24 bits per heavy atom. The summed E-state index contributed by atoms with van der Waals surface area (Å²) in [7, 11) is 0. The molecule has 0 saturated heterocycles. The molecule has 2 N–H and O–H groups in total. The van der Waals surface area contributed by atoms with Crippen molar-refractivity contribution in [3.05, 3.63) is 55.4 Å². The standard InChI is InChI=1S/C11H5ClF4N2O3/c12-5-3-4(11(14,15)16)1-2-6(5)18-9(20)7(13)8(19)17-10(18)21/h1-3,20H,(H,17,19,21). The van der Waals surface area contributed by atoms with Crippen LogP contribution in [0.2, 0.25) is 5.02 Å². The van der Waals surface area contributed by atoms with Gasteiger partial charge in [0, 0.05) is 0 Å². The van der Waals surface area contributed by atoms with Gasteiger partial charge in [0.05, 0.1) is 16.3 Å². The predicted octanol–water partition coefficient (Wildman–Crippen LogP) is 2.04. The van der Waals surface area contributed by atoms with Crippen LogP contribution in [0.1, 0.15) is 5.56 Å². The lowest BCUT2D eigenvalue weighted by Gasteiger charge is -2.12. The third kappa shape index (κ3) is 2.64. The summed E-state index contributed by atoms with van der Waals surface area (Å²) in [6, 6.07) is 1.87. The molecule has 1 aromatic heterocycles. The average molecular weight is 325 g/mol. The van der Waals surface area contributed by atoms with Crippen molar-refractivity contribution in [1.82, 2.24) is 9.55 Å². The van der Waals surface area contributed by atoms with Crippen molar-refractivity contribution in [1.29, 1.82) is 0 Å². The van der Waals surface area contributed by atoms with Gasteiger partial charge in [0.25, 0.3) is 5.56 Å². The number of hydrogen-bond donors (Lipinski definition) is 2. The minimum atomic E-state index is -4.66. The smallest absolute Gasteiger partial charge is 0.416 e. The van der Waals surface area contributed by atoms with Gasteiger partial charge in [0.2, 0.25) is 11.7 Å². The second-order valence-electron chi connectivity index (χ2n) is 3.90. The minimum absolute atomic E-state index is 0.249. The summed E-state index contributed by atoms with van der Waals surface area (Å²) in [4.78, 5) is 24.0. The molecule has 21 heavy (non-hydrogen) atoms. The maximum atomic E-state index is 13.3. The van der Waals surface area contributed by atoms with Crippen LogP contribution in [0.25, 0.3) is 5.69 Å². The fourth-order valence-corrected chi connectivity index (χ4v) is 1.86. The van der Waals surface area contributed by atoms with E-state index >= 15 is 0 Å². The Labute approximate surface area is 118 Å². The maximum absolute atomic E-state index is 13.3. The van der Waals surface area contributed by atoms with Gasteiger partial charge in [-0.2, -0.15) is 17.6 Å². The highest BCUT2D eigenvalue weighted by Crippen LogP contribution is 2.33. The van der Waals surface area contributed by atoms with Crippen molar-refractivity contribution >= 4 is 11.6 Å². The van der Waals surface area contributed by atoms with Crippen LogP contribution in [0.15, 0.2) is 27.8 Å². The van der Waals surface area contributed by atoms with Gasteiger partial charge in [-0.1, -0.05) is 11.6 Å². The van der Waals surface area contributed by atoms with Gasteiger partial charge in [-0.25, -0.2) is 9.36 Å². The van der Waals surface area contributed by atoms with E-state index in [2.05, 4.69) is 0 Å². The van der Waals surface area contributed by atoms with Gasteiger partial charge >= 0.3 is 11.9 Å². The quantitative estimate of drug-likeness (QED) is 0.788. The molecule has 2 rings (SSSR count). The molecule has 0 atom stereocenters. The lowest BCUT2D eigenvalue weighted by Crippen LogP contribution is -2.31. The van der Waals surface area contributed by atoms with E-state index in [9.17, 15) is 32.3 Å². The SMILES string of the molecule is O=c1[nH]c(=O)n(-c2ccc(C(F)(F)F)cc2Cl)c(O)c1F. The Morgan fingerprint density at radius 2 is 1.86 bits per heavy atom. The summed E-state index contributed by atoms with van der Waals surface area (Å²) >= 11 is 5.62. The largest absolute Gasteiger partial charge is 0.492 e. The second-order valence-corrected chi connectivity index (χ2v) is 4.30. The number of nitrogens with one attached hydrogen (secondary N) is 1. The molecule has 0 aliphatic heterocycles. The van der Waals surface area contributed by atoms with Crippen LogP contribution in [0, 0.1) is 5.82 Å². The van der Waals surface area contributed by atoms with Crippen molar-refractivity contribution in [2.24, 2.45) is 0 Å². The number of nitrogens with zero attached hydrogens (tertiary/aromatic N) is 1. The highest BCUT2D eigenvalue weighted by Gasteiger charge is 2.31. The zero-order chi connectivity index (χ0) is 15.9. The number of aromatic nitrogens is 2. The number of halogens is 5. The number of rotatable bonds is 1. The number of benzene rings is 1. The topological polar surface area (TPSA) is 75.1 Å². The molecule has 10 heteroatoms. The van der Waals surface area contributed by atoms with E-state index in [1.165, 1.54) is 0 Å². The monoisotopic (exact) mass is 324 g/mol. The van der Waals surface area contributed by atoms with E-state index in [0.717, 1.165) is 6.07 Å². The summed E-state index contributed by atoms with van der Waals surface area (Å²) < 4.78 is 51.0. The van der Waals surface area contributed by atoms with Crippen molar-refractivity contribution in [3.63, 3.8) is 0 Å². The minimum Gasteiger partial charge on any atom is -0.492 e. The number of aromatic hydroxyl groups is 1. The number of hydrogen-bond acceptors (Lipinski definition) is 3. The fraction of sp³-hybridized carbons (Fsp3) is 0.0909. The van der Waals surface area contributed by atoms with Gasteiger partial charge in [-0.3, -0.25) is 9.78 Å². The van der Waals surface area contributed by atoms with Gasteiger partial charge < -0.3 is 5.11 Å². The van der Waals surface area contributed by atoms with Gasteiger partial charge in [-0.15, -0.1) is 0 Å². The van der Waals surface area contributed by atoms with Crippen molar-refractivity contribution < 1.29 is 22.7 Å². The van der Waals surface area contributed by atoms with Crippen LogP contribution >= 0.6 is 11.6 Å². The first-order valence-electron chi connectivity index (χ1n) is 5.24. The van der Waals surface area contributed by atoms with Crippen LogP contribution in [-0.2, 0) is 6.18 Å². The molecule has 0 bridgehead atoms. The van der Waals surface area contributed by atoms with Gasteiger partial charge in [-0.05, 0) is 18.2 Å².